The van der Waals surface area contributed by atoms with Crippen LogP contribution in [0.2, 0.25) is 0 Å². The molecule has 5 N–H and O–H groups in total. The van der Waals surface area contributed by atoms with Crippen LogP contribution < -0.4 is 34.8 Å². The summed E-state index contributed by atoms with van der Waals surface area (Å²) in [6.07, 6.45) is 0. The average molecular weight is 703 g/mol. The van der Waals surface area contributed by atoms with Gasteiger partial charge in [0.25, 0.3) is 8.53 Å². The predicted molar refractivity (Wildman–Crippen MR) is 186 cm³/mol. The van der Waals surface area contributed by atoms with Gasteiger partial charge in [0, 0.05) is 22.3 Å². The number of nitrogens with zero attached hydrogens (tertiary/aromatic N) is 1. The number of ether oxygens (including phenoxy) is 4. The number of nitrogens with two attached hydrogens (primary N) is 2. The van der Waals surface area contributed by atoms with Crippen LogP contribution in [0.4, 0.5) is 0 Å². The molecule has 0 amide bonds. The van der Waals surface area contributed by atoms with Gasteiger partial charge in [-0.05, 0) is 29.1 Å². The molecule has 4 aromatic rings. The van der Waals surface area contributed by atoms with E-state index in [1.807, 2.05) is 97.1 Å². The second-order valence-corrected chi connectivity index (χ2v) is 14.6. The van der Waals surface area contributed by atoms with Crippen LogP contribution in [0.3, 0.4) is 0 Å². The van der Waals surface area contributed by atoms with Crippen molar-refractivity contribution < 1.29 is 37.0 Å². The van der Waals surface area contributed by atoms with Crippen molar-refractivity contribution in [1.82, 2.24) is 4.86 Å². The molecule has 0 radical (unpaired) electrons. The van der Waals surface area contributed by atoms with Gasteiger partial charge in [0.05, 0.1) is 41.7 Å². The van der Waals surface area contributed by atoms with E-state index in [0.29, 0.717) is 23.0 Å². The van der Waals surface area contributed by atoms with Crippen LogP contribution in [0.25, 0.3) is 0 Å². The number of para-hydroxylation sites is 4. The van der Waals surface area contributed by atoms with E-state index in [0.717, 1.165) is 22.3 Å². The highest BCUT2D eigenvalue weighted by atomic mass is 31.3. The monoisotopic (exact) mass is 702 g/mol. The van der Waals surface area contributed by atoms with Gasteiger partial charge in [-0.25, -0.2) is 0 Å². The maximum absolute atomic E-state index is 6.54. The van der Waals surface area contributed by atoms with E-state index < -0.39 is 24.6 Å². The number of benzene rings is 4. The third-order valence-corrected chi connectivity index (χ3v) is 11.8. The first kappa shape index (κ1) is 36.6. The smallest absolute Gasteiger partial charge is 0.496 e. The number of methoxy groups -OCH3 is 4. The van der Waals surface area contributed by atoms with Gasteiger partial charge in [0.1, 0.15) is 36.2 Å². The summed E-state index contributed by atoms with van der Waals surface area (Å²) in [4.78, 5) is 3.34. The minimum absolute atomic E-state index is 0.0611. The van der Waals surface area contributed by atoms with Gasteiger partial charge in [-0.3, -0.25) is 0 Å². The lowest BCUT2D eigenvalue weighted by Gasteiger charge is -2.22. The maximum Gasteiger partial charge on any atom is 0.538 e. The standard InChI is InChI=1S/C32H41N4O8P3/c1-37-29-17-9-5-13-25(29)21-41-46(42-22-26-14-6-10-18-30(26)38-2)36-47(35-45(33)34,43-23-27-15-7-11-19-31(27)39-3)44-24-28-16-8-12-20-32(28)40-4/h5-20,36H,21-24H2,1-4H3,(H4,33,34,35)/q+2. The number of nitrogens with one attached hydrogen (secondary N) is 1. The SMILES string of the molecule is COc1ccccc1COP(N[P+](N=[P+](N)N)(OCc1ccccc1OC)OCc1ccccc1OC)OCc1ccccc1OC. The summed E-state index contributed by atoms with van der Waals surface area (Å²) < 4.78 is 52.7. The Labute approximate surface area is 278 Å². The number of hydrogen-bond acceptors (Lipinski definition) is 10. The van der Waals surface area contributed by atoms with Crippen LogP contribution in [0.15, 0.2) is 102 Å². The zero-order chi connectivity index (χ0) is 33.5. The molecule has 12 nitrogen and oxygen atoms in total. The van der Waals surface area contributed by atoms with Crippen molar-refractivity contribution in [2.45, 2.75) is 26.4 Å². The van der Waals surface area contributed by atoms with Gasteiger partial charge in [-0.1, -0.05) is 72.8 Å². The highest BCUT2D eigenvalue weighted by Gasteiger charge is 2.53. The molecule has 15 heteroatoms. The molecule has 0 saturated heterocycles. The Morgan fingerprint density at radius 3 is 1.19 bits per heavy atom. The van der Waals surface area contributed by atoms with Gasteiger partial charge in [-0.15, -0.1) is 11.0 Å². The van der Waals surface area contributed by atoms with Crippen molar-refractivity contribution in [2.24, 2.45) is 15.5 Å². The van der Waals surface area contributed by atoms with Crippen molar-refractivity contribution in [3.63, 3.8) is 0 Å². The van der Waals surface area contributed by atoms with Crippen molar-refractivity contribution in [2.75, 3.05) is 28.4 Å². The van der Waals surface area contributed by atoms with Gasteiger partial charge in [0.15, 0.2) is 4.52 Å². The first-order valence-electron chi connectivity index (χ1n) is 14.4. The summed E-state index contributed by atoms with van der Waals surface area (Å²) in [6.45, 7) is 0.415. The summed E-state index contributed by atoms with van der Waals surface area (Å²) in [7, 11) is -0.947. The summed E-state index contributed by atoms with van der Waals surface area (Å²) in [5, 5.41) is 0. The highest BCUT2D eigenvalue weighted by molar-refractivity contribution is 7.75. The van der Waals surface area contributed by atoms with Crippen LogP contribution in [0.5, 0.6) is 23.0 Å². The maximum atomic E-state index is 6.54. The van der Waals surface area contributed by atoms with Crippen LogP contribution >= 0.6 is 24.6 Å². The van der Waals surface area contributed by atoms with E-state index >= 15 is 0 Å². The van der Waals surface area contributed by atoms with E-state index in [4.69, 9.17) is 48.1 Å². The Morgan fingerprint density at radius 1 is 0.553 bits per heavy atom. The molecule has 0 aliphatic carbocycles. The largest absolute Gasteiger partial charge is 0.538 e. The molecular formula is C32H41N4O8P3+2. The van der Waals surface area contributed by atoms with Crippen molar-refractivity contribution in [3.8, 4) is 23.0 Å². The van der Waals surface area contributed by atoms with E-state index in [2.05, 4.69) is 9.37 Å². The lowest BCUT2D eigenvalue weighted by molar-refractivity contribution is 0.198. The summed E-state index contributed by atoms with van der Waals surface area (Å²) >= 11 is 0. The zero-order valence-electron chi connectivity index (χ0n) is 26.8. The normalized spacial score (nSPS) is 11.3. The topological polar surface area (TPSA) is 150 Å². The molecule has 0 bridgehead atoms. The van der Waals surface area contributed by atoms with Gasteiger partial charge >= 0.3 is 16.0 Å². The highest BCUT2D eigenvalue weighted by Crippen LogP contribution is 2.67. The summed E-state index contributed by atoms with van der Waals surface area (Å²) in [5.74, 6) is 2.62. The molecule has 0 atom stereocenters. The third-order valence-electron chi connectivity index (χ3n) is 6.66. The molecule has 0 fully saturated rings. The molecule has 0 heterocycles. The predicted octanol–water partition coefficient (Wildman–Crippen LogP) is 7.80. The van der Waals surface area contributed by atoms with Crippen molar-refractivity contribution >= 4 is 24.6 Å². The Hall–Kier alpha value is -3.24. The van der Waals surface area contributed by atoms with Crippen LogP contribution in [-0.4, -0.2) is 28.4 Å². The van der Waals surface area contributed by atoms with Crippen LogP contribution in [0, 0.1) is 0 Å². The Bertz CT molecular complexity index is 1490. The summed E-state index contributed by atoms with van der Waals surface area (Å²) in [6, 6.07) is 30.1. The molecule has 47 heavy (non-hydrogen) atoms. The molecule has 0 aliphatic heterocycles. The van der Waals surface area contributed by atoms with Gasteiger partial charge in [-0.2, -0.15) is 9.05 Å². The Kier molecular flexibility index (Phi) is 14.7. The third kappa shape index (κ3) is 10.9. The molecule has 250 valence electrons. The van der Waals surface area contributed by atoms with E-state index in [-0.39, 0.29) is 26.4 Å². The zero-order valence-corrected chi connectivity index (χ0v) is 29.5. The minimum atomic E-state index is -3.52. The van der Waals surface area contributed by atoms with Crippen LogP contribution in [0.1, 0.15) is 22.3 Å². The van der Waals surface area contributed by atoms with Crippen molar-refractivity contribution in [3.05, 3.63) is 119 Å². The molecule has 0 aliphatic rings. The summed E-state index contributed by atoms with van der Waals surface area (Å²) in [5.41, 5.74) is 15.5. The Morgan fingerprint density at radius 2 is 0.872 bits per heavy atom. The fraction of sp³-hybridized carbons (Fsp3) is 0.250. The molecule has 0 spiro atoms. The fourth-order valence-electron chi connectivity index (χ4n) is 4.36. The number of hydrogen-bond donors (Lipinski definition) is 3. The van der Waals surface area contributed by atoms with E-state index in [1.165, 1.54) is 0 Å². The second kappa shape index (κ2) is 18.9. The lowest BCUT2D eigenvalue weighted by Crippen LogP contribution is -2.18. The molecule has 0 unspecified atom stereocenters. The minimum Gasteiger partial charge on any atom is -0.496 e. The first-order chi connectivity index (χ1) is 22.9. The second-order valence-electron chi connectivity index (χ2n) is 9.69. The van der Waals surface area contributed by atoms with Gasteiger partial charge in [0.2, 0.25) is 0 Å². The first-order valence-corrected chi connectivity index (χ1v) is 18.6. The quantitative estimate of drug-likeness (QED) is 0.0822. The van der Waals surface area contributed by atoms with E-state index in [1.54, 1.807) is 28.4 Å². The Balaban J connectivity index is 1.70. The molecule has 0 saturated carbocycles. The van der Waals surface area contributed by atoms with Crippen LogP contribution in [-0.2, 0) is 44.5 Å². The fourth-order valence-corrected chi connectivity index (χ4v) is 9.42. The number of rotatable bonds is 19. The molecule has 4 rings (SSSR count). The average Bonchev–Trinajstić information content (AvgIpc) is 3.11. The molecule has 0 aromatic heterocycles. The van der Waals surface area contributed by atoms with Gasteiger partial charge < -0.3 is 28.0 Å². The van der Waals surface area contributed by atoms with Crippen molar-refractivity contribution in [1.29, 1.82) is 0 Å². The van der Waals surface area contributed by atoms with E-state index in [9.17, 15) is 0 Å². The molecule has 4 aromatic carbocycles. The lowest BCUT2D eigenvalue weighted by atomic mass is 10.2. The molecular weight excluding hydrogens is 661 g/mol.